The first-order chi connectivity index (χ1) is 15.3. The highest BCUT2D eigenvalue weighted by atomic mass is 19.4. The molecule has 13 heteroatoms. The van der Waals surface area contributed by atoms with Crippen molar-refractivity contribution in [2.24, 2.45) is 0 Å². The Kier molecular flexibility index (Phi) is 4.60. The van der Waals surface area contributed by atoms with E-state index in [1.807, 2.05) is 4.90 Å². The lowest BCUT2D eigenvalue weighted by molar-refractivity contribution is -0.123. The molecule has 32 heavy (non-hydrogen) atoms. The lowest BCUT2D eigenvalue weighted by Gasteiger charge is -2.35. The molecular formula is C19H17F3N8O2. The molecule has 0 saturated carbocycles. The summed E-state index contributed by atoms with van der Waals surface area (Å²) >= 11 is 0. The summed E-state index contributed by atoms with van der Waals surface area (Å²) in [5.74, 6) is -0.679. The topological polar surface area (TPSA) is 119 Å². The number of pyridine rings is 1. The quantitative estimate of drug-likeness (QED) is 0.568. The van der Waals surface area contributed by atoms with E-state index in [9.17, 15) is 22.8 Å². The first-order valence-corrected chi connectivity index (χ1v) is 9.80. The van der Waals surface area contributed by atoms with Gasteiger partial charge in [-0.1, -0.05) is 0 Å². The zero-order valence-corrected chi connectivity index (χ0v) is 16.5. The molecule has 1 atom stereocenters. The Morgan fingerprint density at radius 3 is 2.88 bits per heavy atom. The number of rotatable bonds is 3. The molecule has 5 rings (SSSR count). The normalized spacial score (nSPS) is 17.4. The number of nitrogens with one attached hydrogen (secondary N) is 3. The van der Waals surface area contributed by atoms with Crippen LogP contribution in [0.4, 0.5) is 35.4 Å². The number of hydrogen-bond donors (Lipinski definition) is 3. The third-order valence-corrected chi connectivity index (χ3v) is 5.37. The van der Waals surface area contributed by atoms with Crippen LogP contribution in [0.2, 0.25) is 0 Å². The molecular weight excluding hydrogens is 429 g/mol. The second kappa shape index (κ2) is 7.35. The molecule has 2 aliphatic rings. The van der Waals surface area contributed by atoms with Gasteiger partial charge >= 0.3 is 12.2 Å². The summed E-state index contributed by atoms with van der Waals surface area (Å²) in [5.41, 5.74) is 0.975. The molecule has 1 saturated heterocycles. The molecule has 0 unspecified atom stereocenters. The number of amides is 3. The molecule has 166 valence electrons. The van der Waals surface area contributed by atoms with Crippen molar-refractivity contribution in [3.63, 3.8) is 0 Å². The van der Waals surface area contributed by atoms with E-state index in [4.69, 9.17) is 0 Å². The van der Waals surface area contributed by atoms with Gasteiger partial charge in [-0.15, -0.1) is 0 Å². The van der Waals surface area contributed by atoms with Crippen molar-refractivity contribution < 1.29 is 22.8 Å². The van der Waals surface area contributed by atoms with Crippen molar-refractivity contribution in [2.45, 2.75) is 18.6 Å². The predicted octanol–water partition coefficient (Wildman–Crippen LogP) is 2.28. The lowest BCUT2D eigenvalue weighted by Crippen LogP contribution is -2.48. The molecule has 1 fully saturated rings. The van der Waals surface area contributed by atoms with Crippen LogP contribution in [-0.2, 0) is 0 Å². The number of alkyl halides is 3. The Balaban J connectivity index is 1.43. The summed E-state index contributed by atoms with van der Waals surface area (Å²) in [4.78, 5) is 44.3. The summed E-state index contributed by atoms with van der Waals surface area (Å²) in [5, 5.41) is 5.23. The van der Waals surface area contributed by atoms with E-state index in [1.165, 1.54) is 11.0 Å². The average Bonchev–Trinajstić information content (AvgIpc) is 3.38. The third kappa shape index (κ3) is 3.65. The van der Waals surface area contributed by atoms with E-state index >= 15 is 0 Å². The minimum absolute atomic E-state index is 0.0889. The van der Waals surface area contributed by atoms with Gasteiger partial charge in [-0.3, -0.25) is 15.0 Å². The maximum Gasteiger partial charge on any atom is 0.405 e. The van der Waals surface area contributed by atoms with Gasteiger partial charge in [-0.2, -0.15) is 18.2 Å². The predicted molar refractivity (Wildman–Crippen MR) is 109 cm³/mol. The number of nitrogens with zero attached hydrogens (tertiary/aromatic N) is 5. The van der Waals surface area contributed by atoms with Crippen LogP contribution in [0.25, 0.3) is 11.0 Å². The van der Waals surface area contributed by atoms with Crippen molar-refractivity contribution in [3.05, 3.63) is 36.3 Å². The van der Waals surface area contributed by atoms with Gasteiger partial charge in [0.15, 0.2) is 5.82 Å². The Labute approximate surface area is 178 Å². The zero-order valence-electron chi connectivity index (χ0n) is 16.5. The number of hydrogen-bond acceptors (Lipinski definition) is 6. The summed E-state index contributed by atoms with van der Waals surface area (Å²) in [6.45, 7) is -0.200. The van der Waals surface area contributed by atoms with Crippen LogP contribution in [-0.4, -0.2) is 63.7 Å². The number of carbonyl (C=O) groups excluding carboxylic acids is 2. The first-order valence-electron chi connectivity index (χ1n) is 9.80. The van der Waals surface area contributed by atoms with Gasteiger partial charge in [-0.05, 0) is 24.6 Å². The summed E-state index contributed by atoms with van der Waals surface area (Å²) < 4.78 is 37.4. The highest BCUT2D eigenvalue weighted by Gasteiger charge is 2.41. The van der Waals surface area contributed by atoms with E-state index < -0.39 is 24.7 Å². The third-order valence-electron chi connectivity index (χ3n) is 5.37. The SMILES string of the molecule is O=C(NCC(F)(F)F)c1ccc2c(n1)N(C(=O)Nc1ncc3cc[nH]c3n1)[C@H]1CCN2C1. The van der Waals surface area contributed by atoms with Crippen molar-refractivity contribution in [1.82, 2.24) is 25.3 Å². The van der Waals surface area contributed by atoms with Crippen LogP contribution in [0.5, 0.6) is 0 Å². The van der Waals surface area contributed by atoms with Gasteiger partial charge in [0.2, 0.25) is 5.95 Å². The van der Waals surface area contributed by atoms with E-state index in [1.54, 1.807) is 29.8 Å². The Bertz CT molecular complexity index is 1210. The van der Waals surface area contributed by atoms with Gasteiger partial charge in [0, 0.05) is 30.9 Å². The molecule has 0 aliphatic carbocycles. The van der Waals surface area contributed by atoms with Crippen LogP contribution in [0.1, 0.15) is 16.9 Å². The molecule has 0 spiro atoms. The number of anilines is 3. The van der Waals surface area contributed by atoms with Crippen molar-refractivity contribution in [1.29, 1.82) is 0 Å². The second-order valence-corrected chi connectivity index (χ2v) is 7.50. The molecule has 5 heterocycles. The second-order valence-electron chi connectivity index (χ2n) is 7.50. The average molecular weight is 446 g/mol. The summed E-state index contributed by atoms with van der Waals surface area (Å²) in [7, 11) is 0. The Morgan fingerprint density at radius 1 is 1.22 bits per heavy atom. The van der Waals surface area contributed by atoms with Gasteiger partial charge in [0.1, 0.15) is 17.9 Å². The fourth-order valence-corrected chi connectivity index (χ4v) is 3.92. The number of carbonyl (C=O) groups is 2. The van der Waals surface area contributed by atoms with Crippen molar-refractivity contribution >= 4 is 40.4 Å². The van der Waals surface area contributed by atoms with Crippen molar-refractivity contribution in [3.8, 4) is 0 Å². The number of aromatic amines is 1. The van der Waals surface area contributed by atoms with Crippen LogP contribution in [0.15, 0.2) is 30.6 Å². The standard InChI is InChI=1S/C19H17F3N8O2/c20-19(21,22)9-25-16(31)12-1-2-13-15(26-12)30(11-4-6-29(13)8-11)18(32)28-17-24-7-10-3-5-23-14(10)27-17/h1-3,5,7,11H,4,6,8-9H2,(H,25,31)(H2,23,24,27,28,32)/t11-/m0/s1. The Morgan fingerprint density at radius 2 is 2.06 bits per heavy atom. The summed E-state index contributed by atoms with van der Waals surface area (Å²) in [6.07, 6.45) is -0.595. The highest BCUT2D eigenvalue weighted by molar-refractivity contribution is 6.04. The van der Waals surface area contributed by atoms with Crippen LogP contribution in [0, 0.1) is 0 Å². The van der Waals surface area contributed by atoms with Gasteiger partial charge in [0.25, 0.3) is 5.91 Å². The fraction of sp³-hybridized carbons (Fsp3) is 0.316. The first kappa shape index (κ1) is 20.0. The van der Waals surface area contributed by atoms with Gasteiger partial charge in [0.05, 0.1) is 11.7 Å². The lowest BCUT2D eigenvalue weighted by atomic mass is 10.1. The van der Waals surface area contributed by atoms with Crippen molar-refractivity contribution in [2.75, 3.05) is 34.8 Å². The largest absolute Gasteiger partial charge is 0.405 e. The number of aromatic nitrogens is 4. The van der Waals surface area contributed by atoms with Crippen LogP contribution in [0.3, 0.4) is 0 Å². The minimum atomic E-state index is -4.54. The fourth-order valence-electron chi connectivity index (χ4n) is 3.92. The molecule has 3 N–H and O–H groups in total. The van der Waals surface area contributed by atoms with Gasteiger partial charge < -0.3 is 15.2 Å². The molecule has 3 aromatic rings. The molecule has 0 radical (unpaired) electrons. The van der Waals surface area contributed by atoms with E-state index in [0.29, 0.717) is 30.8 Å². The smallest absolute Gasteiger partial charge is 0.366 e. The van der Waals surface area contributed by atoms with E-state index in [-0.39, 0.29) is 23.5 Å². The molecule has 2 aliphatic heterocycles. The minimum Gasteiger partial charge on any atom is -0.366 e. The van der Waals surface area contributed by atoms with E-state index in [2.05, 4.69) is 25.3 Å². The maximum absolute atomic E-state index is 13.1. The molecule has 0 aromatic carbocycles. The summed E-state index contributed by atoms with van der Waals surface area (Å²) in [6, 6.07) is 3.99. The maximum atomic E-state index is 13.1. The Hall–Kier alpha value is -3.90. The monoisotopic (exact) mass is 446 g/mol. The molecule has 3 aromatic heterocycles. The van der Waals surface area contributed by atoms with E-state index in [0.717, 1.165) is 5.39 Å². The molecule has 3 amide bonds. The number of urea groups is 1. The van der Waals surface area contributed by atoms with Crippen LogP contribution < -0.4 is 20.4 Å². The zero-order chi connectivity index (χ0) is 22.5. The highest BCUT2D eigenvalue weighted by Crippen LogP contribution is 2.39. The van der Waals surface area contributed by atoms with Crippen LogP contribution >= 0.6 is 0 Å². The molecule has 10 nitrogen and oxygen atoms in total. The van der Waals surface area contributed by atoms with Gasteiger partial charge in [-0.25, -0.2) is 14.8 Å². The number of halogens is 3. The number of fused-ring (bicyclic) bond motifs is 5. The molecule has 2 bridgehead atoms. The number of H-pyrrole nitrogens is 1.